The molecule has 2 aliphatic rings. The summed E-state index contributed by atoms with van der Waals surface area (Å²) in [5, 5.41) is 1.30. The number of hydrogen-bond donors (Lipinski definition) is 0. The molecule has 2 aliphatic heterocycles. The highest BCUT2D eigenvalue weighted by Crippen LogP contribution is 2.52. The van der Waals surface area contributed by atoms with Gasteiger partial charge in [-0.3, -0.25) is 4.79 Å². The Morgan fingerprint density at radius 3 is 2.35 bits per heavy atom. The predicted octanol–water partition coefficient (Wildman–Crippen LogP) is 7.64. The van der Waals surface area contributed by atoms with Gasteiger partial charge in [-0.15, -0.1) is 6.58 Å². The Balaban J connectivity index is 1.84. The first-order valence-electron chi connectivity index (χ1n) is 12.9. The fraction of sp³-hybridized carbons (Fsp3) is 0.467. The molecule has 0 saturated carbocycles. The van der Waals surface area contributed by atoms with Gasteiger partial charge in [0.15, 0.2) is 0 Å². The van der Waals surface area contributed by atoms with Gasteiger partial charge in [-0.05, 0) is 68.5 Å². The van der Waals surface area contributed by atoms with Gasteiger partial charge in [-0.1, -0.05) is 67.4 Å². The number of carbonyl (C=O) groups is 2. The summed E-state index contributed by atoms with van der Waals surface area (Å²) in [5.74, 6) is 0.0582. The molecule has 0 bridgehead atoms. The third-order valence-electron chi connectivity index (χ3n) is 7.67. The van der Waals surface area contributed by atoms with Crippen molar-refractivity contribution in [2.45, 2.75) is 70.6 Å². The molecule has 0 N–H and O–H groups in total. The summed E-state index contributed by atoms with van der Waals surface area (Å²) in [5.41, 5.74) is 0.885. The molecule has 2 heterocycles. The van der Waals surface area contributed by atoms with E-state index in [-0.39, 0.29) is 30.0 Å². The molecular formula is C30H36Cl2N2O3. The van der Waals surface area contributed by atoms with Gasteiger partial charge in [0.2, 0.25) is 5.91 Å². The van der Waals surface area contributed by atoms with E-state index < -0.39 is 11.0 Å². The summed E-state index contributed by atoms with van der Waals surface area (Å²) in [6.07, 6.45) is 3.39. The maximum Gasteiger partial charge on any atom is 0.410 e. The molecule has 4 atom stereocenters. The highest BCUT2D eigenvalue weighted by Gasteiger charge is 2.51. The minimum Gasteiger partial charge on any atom is -0.441 e. The molecule has 0 unspecified atom stereocenters. The molecule has 0 aromatic heterocycles. The number of amides is 2. The summed E-state index contributed by atoms with van der Waals surface area (Å²) < 4.78 is 5.57. The second-order valence-electron chi connectivity index (χ2n) is 11.2. The zero-order valence-electron chi connectivity index (χ0n) is 22.0. The van der Waals surface area contributed by atoms with E-state index in [1.165, 1.54) is 0 Å². The lowest BCUT2D eigenvalue weighted by Gasteiger charge is -2.52. The van der Waals surface area contributed by atoms with Crippen LogP contribution in [0.2, 0.25) is 10.0 Å². The summed E-state index contributed by atoms with van der Waals surface area (Å²) >= 11 is 12.7. The normalized spacial score (nSPS) is 26.2. The van der Waals surface area contributed by atoms with E-state index in [0.29, 0.717) is 42.4 Å². The van der Waals surface area contributed by atoms with Crippen LogP contribution in [0.25, 0.3) is 0 Å². The second kappa shape index (κ2) is 10.7. The molecule has 0 aliphatic carbocycles. The number of rotatable bonds is 8. The van der Waals surface area contributed by atoms with Crippen LogP contribution in [0.1, 0.15) is 70.0 Å². The highest BCUT2D eigenvalue weighted by atomic mass is 35.5. The number of halogens is 2. The Morgan fingerprint density at radius 1 is 1.08 bits per heavy atom. The molecule has 4 rings (SSSR count). The zero-order valence-corrected chi connectivity index (χ0v) is 23.6. The quantitative estimate of drug-likeness (QED) is 0.322. The van der Waals surface area contributed by atoms with Gasteiger partial charge in [0, 0.05) is 28.5 Å². The summed E-state index contributed by atoms with van der Waals surface area (Å²) in [6.45, 7) is 12.8. The lowest BCUT2D eigenvalue weighted by atomic mass is 9.67. The first-order valence-corrected chi connectivity index (χ1v) is 13.7. The van der Waals surface area contributed by atoms with Crippen molar-refractivity contribution in [1.82, 2.24) is 9.80 Å². The van der Waals surface area contributed by atoms with Gasteiger partial charge in [0.05, 0.1) is 18.0 Å². The number of piperidine rings is 1. The molecule has 198 valence electrons. The summed E-state index contributed by atoms with van der Waals surface area (Å²) in [7, 11) is 0. The van der Waals surface area contributed by atoms with Crippen molar-refractivity contribution < 1.29 is 14.3 Å². The Hall–Kier alpha value is -2.50. The summed E-state index contributed by atoms with van der Waals surface area (Å²) in [6, 6.07) is 15.2. The van der Waals surface area contributed by atoms with Gasteiger partial charge in [-0.25, -0.2) is 4.79 Å². The van der Waals surface area contributed by atoms with Crippen LogP contribution in [0.15, 0.2) is 61.2 Å². The number of nitrogens with zero attached hydrogens (tertiary/aromatic N) is 2. The van der Waals surface area contributed by atoms with E-state index in [2.05, 4.69) is 19.6 Å². The molecule has 2 aromatic rings. The number of likely N-dealkylation sites (tertiary alicyclic amines) is 1. The van der Waals surface area contributed by atoms with Crippen LogP contribution in [0.5, 0.6) is 0 Å². The number of benzene rings is 2. The molecule has 2 amide bonds. The number of allylic oxidation sites excluding steroid dienone is 1. The van der Waals surface area contributed by atoms with Crippen molar-refractivity contribution in [3.63, 3.8) is 0 Å². The van der Waals surface area contributed by atoms with Crippen molar-refractivity contribution in [2.75, 3.05) is 13.1 Å². The molecule has 5 nitrogen and oxygen atoms in total. The van der Waals surface area contributed by atoms with Crippen LogP contribution in [-0.4, -0.2) is 46.5 Å². The maximum atomic E-state index is 14.4. The van der Waals surface area contributed by atoms with Crippen molar-refractivity contribution >= 4 is 35.2 Å². The van der Waals surface area contributed by atoms with E-state index in [0.717, 1.165) is 11.1 Å². The minimum absolute atomic E-state index is 0.0152. The van der Waals surface area contributed by atoms with Crippen molar-refractivity contribution in [3.8, 4) is 0 Å². The molecule has 7 heteroatoms. The van der Waals surface area contributed by atoms with Crippen molar-refractivity contribution in [2.24, 2.45) is 5.41 Å². The molecule has 2 aromatic carbocycles. The van der Waals surface area contributed by atoms with Crippen LogP contribution in [-0.2, 0) is 9.53 Å². The van der Waals surface area contributed by atoms with Crippen molar-refractivity contribution in [3.05, 3.63) is 82.4 Å². The topological polar surface area (TPSA) is 49.9 Å². The average Bonchev–Trinajstić information content (AvgIpc) is 3.11. The SMILES string of the molecule is C=CC[C@@]1(C)C[C@H](c2cccc(Cl)c2)[C@@H](c2ccc(Cl)cc2)N([C@@H](CC)CN2CC(C)(C)OC2=O)C1=O. The molecular weight excluding hydrogens is 507 g/mol. The Labute approximate surface area is 230 Å². The van der Waals surface area contributed by atoms with Crippen LogP contribution < -0.4 is 0 Å². The largest absolute Gasteiger partial charge is 0.441 e. The average molecular weight is 544 g/mol. The van der Waals surface area contributed by atoms with Crippen molar-refractivity contribution in [1.29, 1.82) is 0 Å². The standard InChI is InChI=1S/C30H36Cl2N2O3/c1-6-15-30(5)17-25(21-9-8-10-23(32)16-21)26(20-11-13-22(31)14-12-20)34(27(30)35)24(7-2)18-33-19-29(3,4)37-28(33)36/h6,8-14,16,24-26H,1,7,15,17-19H2,2-5H3/t24-,25+,26+,30-/m0/s1. The third kappa shape index (κ3) is 5.68. The molecule has 0 spiro atoms. The summed E-state index contributed by atoms with van der Waals surface area (Å²) in [4.78, 5) is 30.9. The Bertz CT molecular complexity index is 1170. The second-order valence-corrected chi connectivity index (χ2v) is 12.1. The van der Waals surface area contributed by atoms with Gasteiger partial charge in [0.25, 0.3) is 0 Å². The maximum absolute atomic E-state index is 14.4. The van der Waals surface area contributed by atoms with E-state index in [1.54, 1.807) is 4.90 Å². The fourth-order valence-electron chi connectivity index (χ4n) is 5.95. The molecule has 0 radical (unpaired) electrons. The number of carbonyl (C=O) groups excluding carboxylic acids is 2. The molecule has 37 heavy (non-hydrogen) atoms. The lowest BCUT2D eigenvalue weighted by Crippen LogP contribution is -2.57. The zero-order chi connectivity index (χ0) is 27.0. The first kappa shape index (κ1) is 27.5. The smallest absolute Gasteiger partial charge is 0.410 e. The fourth-order valence-corrected chi connectivity index (χ4v) is 6.28. The Morgan fingerprint density at radius 2 is 1.78 bits per heavy atom. The van der Waals surface area contributed by atoms with Crippen LogP contribution >= 0.6 is 23.2 Å². The van der Waals surface area contributed by atoms with Crippen LogP contribution in [0.3, 0.4) is 0 Å². The lowest BCUT2D eigenvalue weighted by molar-refractivity contribution is -0.155. The first-order chi connectivity index (χ1) is 17.5. The van der Waals surface area contributed by atoms with Gasteiger partial charge in [-0.2, -0.15) is 0 Å². The Kier molecular flexibility index (Phi) is 7.96. The van der Waals surface area contributed by atoms with Gasteiger partial charge in [0.1, 0.15) is 5.60 Å². The minimum atomic E-state index is -0.643. The molecule has 2 saturated heterocycles. The van der Waals surface area contributed by atoms with E-state index in [4.69, 9.17) is 27.9 Å². The predicted molar refractivity (Wildman–Crippen MR) is 149 cm³/mol. The number of hydrogen-bond acceptors (Lipinski definition) is 3. The highest BCUT2D eigenvalue weighted by molar-refractivity contribution is 6.30. The van der Waals surface area contributed by atoms with E-state index in [1.807, 2.05) is 74.2 Å². The van der Waals surface area contributed by atoms with Crippen LogP contribution in [0.4, 0.5) is 4.79 Å². The van der Waals surface area contributed by atoms with Crippen LogP contribution in [0, 0.1) is 5.41 Å². The van der Waals surface area contributed by atoms with E-state index in [9.17, 15) is 9.59 Å². The van der Waals surface area contributed by atoms with Gasteiger partial charge < -0.3 is 14.5 Å². The van der Waals surface area contributed by atoms with Gasteiger partial charge >= 0.3 is 6.09 Å². The number of ether oxygens (including phenoxy) is 1. The van der Waals surface area contributed by atoms with E-state index >= 15 is 0 Å². The monoisotopic (exact) mass is 542 g/mol. The number of cyclic esters (lactones) is 1. The molecule has 2 fully saturated rings. The third-order valence-corrected chi connectivity index (χ3v) is 8.16.